The van der Waals surface area contributed by atoms with Crippen LogP contribution in [-0.4, -0.2) is 54.0 Å². The van der Waals surface area contributed by atoms with Crippen LogP contribution in [0, 0.1) is 5.92 Å². The Morgan fingerprint density at radius 3 is 2.78 bits per heavy atom. The van der Waals surface area contributed by atoms with Crippen molar-refractivity contribution in [3.05, 3.63) is 0 Å². The first kappa shape index (κ1) is 13.8. The zero-order chi connectivity index (χ0) is 13.1. The van der Waals surface area contributed by atoms with Crippen molar-refractivity contribution in [2.75, 3.05) is 26.2 Å². The van der Waals surface area contributed by atoms with E-state index >= 15 is 0 Å². The first-order valence-corrected chi connectivity index (χ1v) is 7.42. The highest BCUT2D eigenvalue weighted by Crippen LogP contribution is 2.22. The normalized spacial score (nSPS) is 28.6. The molecule has 0 bridgehead atoms. The highest BCUT2D eigenvalue weighted by atomic mass is 16.2. The monoisotopic (exact) mass is 253 g/mol. The van der Waals surface area contributed by atoms with Crippen LogP contribution in [-0.2, 0) is 4.79 Å². The molecule has 4 nitrogen and oxygen atoms in total. The Hall–Kier alpha value is -0.610. The minimum atomic E-state index is -0.317. The zero-order valence-corrected chi connectivity index (χ0v) is 11.8. The van der Waals surface area contributed by atoms with Crippen molar-refractivity contribution in [1.82, 2.24) is 9.80 Å². The number of fused-ring (bicyclic) bond motifs is 1. The van der Waals surface area contributed by atoms with E-state index in [0.717, 1.165) is 32.5 Å². The van der Waals surface area contributed by atoms with E-state index in [1.807, 2.05) is 4.90 Å². The van der Waals surface area contributed by atoms with Gasteiger partial charge in [0.15, 0.2) is 0 Å². The molecule has 2 rings (SSSR count). The van der Waals surface area contributed by atoms with Crippen LogP contribution in [0.3, 0.4) is 0 Å². The number of rotatable bonds is 3. The molecule has 0 radical (unpaired) electrons. The van der Waals surface area contributed by atoms with Gasteiger partial charge in [-0.25, -0.2) is 0 Å². The lowest BCUT2D eigenvalue weighted by molar-refractivity contribution is -0.134. The fraction of sp³-hybridized carbons (Fsp3) is 0.929. The van der Waals surface area contributed by atoms with E-state index in [0.29, 0.717) is 6.04 Å². The van der Waals surface area contributed by atoms with Crippen LogP contribution in [0.4, 0.5) is 0 Å². The molecule has 1 amide bonds. The Bertz CT molecular complexity index is 295. The molecule has 0 aromatic heterocycles. The third-order valence-electron chi connectivity index (χ3n) is 4.66. The summed E-state index contributed by atoms with van der Waals surface area (Å²) in [6.07, 6.45) is 4.58. The van der Waals surface area contributed by atoms with Crippen LogP contribution in [0.5, 0.6) is 0 Å². The quantitative estimate of drug-likeness (QED) is 0.818. The average molecular weight is 253 g/mol. The summed E-state index contributed by atoms with van der Waals surface area (Å²) in [6, 6.07) is 0.267. The minimum Gasteiger partial charge on any atom is -0.340 e. The van der Waals surface area contributed by atoms with Gasteiger partial charge in [0.2, 0.25) is 5.91 Å². The van der Waals surface area contributed by atoms with E-state index in [1.165, 1.54) is 19.4 Å². The predicted molar refractivity (Wildman–Crippen MR) is 73.2 cm³/mol. The van der Waals surface area contributed by atoms with Crippen LogP contribution in [0.25, 0.3) is 0 Å². The molecule has 0 saturated carbocycles. The highest BCUT2D eigenvalue weighted by molar-refractivity contribution is 5.82. The van der Waals surface area contributed by atoms with Crippen molar-refractivity contribution >= 4 is 5.91 Å². The van der Waals surface area contributed by atoms with E-state index in [9.17, 15) is 4.79 Å². The van der Waals surface area contributed by atoms with Crippen LogP contribution in [0.15, 0.2) is 0 Å². The SMILES string of the molecule is CCC(C)[C@H](N)C(=O)N1CCCN2CCCC2C1. The maximum absolute atomic E-state index is 12.4. The molecule has 0 aromatic rings. The molecule has 2 saturated heterocycles. The van der Waals surface area contributed by atoms with Gasteiger partial charge in [0.25, 0.3) is 0 Å². The molecule has 0 aliphatic carbocycles. The Labute approximate surface area is 110 Å². The molecule has 2 unspecified atom stereocenters. The van der Waals surface area contributed by atoms with Crippen molar-refractivity contribution < 1.29 is 4.79 Å². The number of hydrogen-bond donors (Lipinski definition) is 1. The van der Waals surface area contributed by atoms with Gasteiger partial charge in [0, 0.05) is 25.7 Å². The van der Waals surface area contributed by atoms with Gasteiger partial charge >= 0.3 is 0 Å². The Balaban J connectivity index is 1.97. The first-order chi connectivity index (χ1) is 8.63. The smallest absolute Gasteiger partial charge is 0.239 e. The summed E-state index contributed by atoms with van der Waals surface area (Å²) in [7, 11) is 0. The number of amides is 1. The Morgan fingerprint density at radius 2 is 2.06 bits per heavy atom. The molecular formula is C14H27N3O. The molecule has 2 aliphatic rings. The Morgan fingerprint density at radius 1 is 1.33 bits per heavy atom. The summed E-state index contributed by atoms with van der Waals surface area (Å²) in [5.41, 5.74) is 6.09. The lowest BCUT2D eigenvalue weighted by Crippen LogP contribution is -2.49. The van der Waals surface area contributed by atoms with Gasteiger partial charge in [0.05, 0.1) is 6.04 Å². The standard InChI is InChI=1S/C14H27N3O/c1-3-11(2)13(15)14(18)17-9-5-8-16-7-4-6-12(16)10-17/h11-13H,3-10,15H2,1-2H3/t11?,12?,13-/m0/s1. The van der Waals surface area contributed by atoms with Crippen molar-refractivity contribution in [3.8, 4) is 0 Å². The molecule has 3 atom stereocenters. The maximum Gasteiger partial charge on any atom is 0.239 e. The molecule has 2 heterocycles. The first-order valence-electron chi connectivity index (χ1n) is 7.42. The predicted octanol–water partition coefficient (Wildman–Crippen LogP) is 1.06. The molecule has 18 heavy (non-hydrogen) atoms. The zero-order valence-electron chi connectivity index (χ0n) is 11.8. The van der Waals surface area contributed by atoms with E-state index < -0.39 is 0 Å². The lowest BCUT2D eigenvalue weighted by Gasteiger charge is -2.29. The van der Waals surface area contributed by atoms with E-state index in [-0.39, 0.29) is 17.9 Å². The second-order valence-corrected chi connectivity index (χ2v) is 5.88. The largest absolute Gasteiger partial charge is 0.340 e. The molecule has 4 heteroatoms. The molecule has 2 fully saturated rings. The number of nitrogens with two attached hydrogens (primary N) is 1. The van der Waals surface area contributed by atoms with Gasteiger partial charge in [-0.1, -0.05) is 20.3 Å². The minimum absolute atomic E-state index is 0.165. The fourth-order valence-corrected chi connectivity index (χ4v) is 3.11. The van der Waals surface area contributed by atoms with Gasteiger partial charge in [-0.05, 0) is 31.7 Å². The van der Waals surface area contributed by atoms with Crippen molar-refractivity contribution in [3.63, 3.8) is 0 Å². The van der Waals surface area contributed by atoms with E-state index in [4.69, 9.17) is 5.73 Å². The van der Waals surface area contributed by atoms with Crippen LogP contribution < -0.4 is 5.73 Å². The molecule has 0 spiro atoms. The van der Waals surface area contributed by atoms with Crippen LogP contribution in [0.1, 0.15) is 39.5 Å². The molecule has 104 valence electrons. The van der Waals surface area contributed by atoms with Gasteiger partial charge in [-0.2, -0.15) is 0 Å². The van der Waals surface area contributed by atoms with Gasteiger partial charge in [-0.3, -0.25) is 9.69 Å². The lowest BCUT2D eigenvalue weighted by atomic mass is 9.98. The molecule has 2 N–H and O–H groups in total. The van der Waals surface area contributed by atoms with Crippen molar-refractivity contribution in [2.45, 2.75) is 51.6 Å². The highest BCUT2D eigenvalue weighted by Gasteiger charge is 2.32. The second kappa shape index (κ2) is 6.02. The van der Waals surface area contributed by atoms with Gasteiger partial charge < -0.3 is 10.6 Å². The van der Waals surface area contributed by atoms with Crippen LogP contribution >= 0.6 is 0 Å². The van der Waals surface area contributed by atoms with Crippen molar-refractivity contribution in [1.29, 1.82) is 0 Å². The molecule has 0 aromatic carbocycles. The summed E-state index contributed by atoms with van der Waals surface area (Å²) in [5, 5.41) is 0. The summed E-state index contributed by atoms with van der Waals surface area (Å²) >= 11 is 0. The third kappa shape index (κ3) is 2.86. The topological polar surface area (TPSA) is 49.6 Å². The fourth-order valence-electron chi connectivity index (χ4n) is 3.11. The number of carbonyl (C=O) groups is 1. The second-order valence-electron chi connectivity index (χ2n) is 5.88. The van der Waals surface area contributed by atoms with Crippen LogP contribution in [0.2, 0.25) is 0 Å². The summed E-state index contributed by atoms with van der Waals surface area (Å²) in [4.78, 5) is 17.0. The number of hydrogen-bond acceptors (Lipinski definition) is 3. The van der Waals surface area contributed by atoms with Gasteiger partial charge in [0.1, 0.15) is 0 Å². The van der Waals surface area contributed by atoms with E-state index in [1.54, 1.807) is 0 Å². The van der Waals surface area contributed by atoms with Gasteiger partial charge in [-0.15, -0.1) is 0 Å². The number of nitrogens with zero attached hydrogens (tertiary/aromatic N) is 2. The van der Waals surface area contributed by atoms with E-state index in [2.05, 4.69) is 18.7 Å². The third-order valence-corrected chi connectivity index (χ3v) is 4.66. The summed E-state index contributed by atoms with van der Waals surface area (Å²) in [6.45, 7) is 8.30. The average Bonchev–Trinajstić information content (AvgIpc) is 2.73. The summed E-state index contributed by atoms with van der Waals surface area (Å²) < 4.78 is 0. The molecular weight excluding hydrogens is 226 g/mol. The summed E-state index contributed by atoms with van der Waals surface area (Å²) in [5.74, 6) is 0.443. The maximum atomic E-state index is 12.4. The van der Waals surface area contributed by atoms with Crippen molar-refractivity contribution in [2.24, 2.45) is 11.7 Å². The molecule has 2 aliphatic heterocycles. The number of carbonyl (C=O) groups excluding carboxylic acids is 1. The Kier molecular flexibility index (Phi) is 4.62.